The van der Waals surface area contributed by atoms with Crippen LogP contribution in [0.5, 0.6) is 0 Å². The van der Waals surface area contributed by atoms with Crippen molar-refractivity contribution in [3.8, 4) is 11.3 Å². The molecule has 2 aromatic heterocycles. The Morgan fingerprint density at radius 2 is 2.24 bits per heavy atom. The quantitative estimate of drug-likeness (QED) is 0.871. The highest BCUT2D eigenvalue weighted by atomic mass is 16.1. The second kappa shape index (κ2) is 4.95. The lowest BCUT2D eigenvalue weighted by Crippen LogP contribution is -2.14. The summed E-state index contributed by atoms with van der Waals surface area (Å²) in [6.07, 6.45) is 6.77. The van der Waals surface area contributed by atoms with E-state index in [4.69, 9.17) is 0 Å². The van der Waals surface area contributed by atoms with Crippen LogP contribution in [0.2, 0.25) is 0 Å². The number of nitrogens with one attached hydrogen (secondary N) is 1. The molecular formula is C12H16N4O. The molecule has 0 fully saturated rings. The van der Waals surface area contributed by atoms with E-state index < -0.39 is 0 Å². The Morgan fingerprint density at radius 3 is 2.88 bits per heavy atom. The fourth-order valence-electron chi connectivity index (χ4n) is 1.82. The maximum atomic E-state index is 11.8. The molecule has 0 aliphatic rings. The molecule has 2 heterocycles. The first-order chi connectivity index (χ1) is 8.26. The third kappa shape index (κ3) is 2.27. The number of nitrogens with zero attached hydrogens (tertiary/aromatic N) is 3. The highest BCUT2D eigenvalue weighted by Crippen LogP contribution is 2.18. The van der Waals surface area contributed by atoms with Gasteiger partial charge in [0.05, 0.1) is 18.2 Å². The molecule has 0 spiro atoms. The third-order valence-electron chi connectivity index (χ3n) is 2.68. The Morgan fingerprint density at radius 1 is 1.41 bits per heavy atom. The maximum Gasteiger partial charge on any atom is 0.254 e. The van der Waals surface area contributed by atoms with E-state index in [2.05, 4.69) is 15.1 Å². The number of aryl methyl sites for hydroxylation is 1. The van der Waals surface area contributed by atoms with Crippen molar-refractivity contribution in [3.05, 3.63) is 34.6 Å². The van der Waals surface area contributed by atoms with Gasteiger partial charge in [0.1, 0.15) is 0 Å². The van der Waals surface area contributed by atoms with Crippen molar-refractivity contribution in [2.75, 3.05) is 0 Å². The van der Waals surface area contributed by atoms with Crippen molar-refractivity contribution in [2.45, 2.75) is 33.2 Å². The van der Waals surface area contributed by atoms with Gasteiger partial charge in [0.15, 0.2) is 0 Å². The van der Waals surface area contributed by atoms with Gasteiger partial charge in [-0.3, -0.25) is 9.48 Å². The minimum atomic E-state index is -0.0545. The van der Waals surface area contributed by atoms with Gasteiger partial charge in [-0.1, -0.05) is 13.3 Å². The average Bonchev–Trinajstić information content (AvgIpc) is 2.80. The van der Waals surface area contributed by atoms with Crippen molar-refractivity contribution < 1.29 is 0 Å². The van der Waals surface area contributed by atoms with Gasteiger partial charge >= 0.3 is 0 Å². The molecule has 2 rings (SSSR count). The van der Waals surface area contributed by atoms with E-state index in [-0.39, 0.29) is 5.56 Å². The number of aromatic nitrogens is 4. The molecule has 0 saturated carbocycles. The van der Waals surface area contributed by atoms with E-state index >= 15 is 0 Å². The number of rotatable bonds is 4. The molecule has 1 N–H and O–H groups in total. The first kappa shape index (κ1) is 11.6. The van der Waals surface area contributed by atoms with Crippen molar-refractivity contribution in [2.24, 2.45) is 0 Å². The Balaban J connectivity index is 2.50. The van der Waals surface area contributed by atoms with E-state index in [1.165, 1.54) is 6.33 Å². The van der Waals surface area contributed by atoms with Gasteiger partial charge in [0, 0.05) is 23.9 Å². The number of hydrogen-bond acceptors (Lipinski definition) is 3. The largest absolute Gasteiger partial charge is 0.313 e. The summed E-state index contributed by atoms with van der Waals surface area (Å²) >= 11 is 0. The SMILES string of the molecule is CCCc1c(-c2cnn(CC)c2)nc[nH]c1=O. The van der Waals surface area contributed by atoms with E-state index in [1.807, 2.05) is 24.7 Å². The second-order valence-corrected chi connectivity index (χ2v) is 3.89. The zero-order valence-corrected chi connectivity index (χ0v) is 10.1. The number of hydrogen-bond donors (Lipinski definition) is 1. The molecule has 90 valence electrons. The van der Waals surface area contributed by atoms with Crippen molar-refractivity contribution in [1.29, 1.82) is 0 Å². The lowest BCUT2D eigenvalue weighted by atomic mass is 10.1. The van der Waals surface area contributed by atoms with Crippen molar-refractivity contribution in [1.82, 2.24) is 19.7 Å². The fraction of sp³-hybridized carbons (Fsp3) is 0.417. The lowest BCUT2D eigenvalue weighted by Gasteiger charge is -2.03. The monoisotopic (exact) mass is 232 g/mol. The van der Waals surface area contributed by atoms with Crippen molar-refractivity contribution >= 4 is 0 Å². The Labute approximate surface area is 99.5 Å². The molecule has 0 bridgehead atoms. The van der Waals surface area contributed by atoms with Crippen LogP contribution >= 0.6 is 0 Å². The molecule has 0 radical (unpaired) electrons. The third-order valence-corrected chi connectivity index (χ3v) is 2.68. The number of H-pyrrole nitrogens is 1. The molecule has 5 nitrogen and oxygen atoms in total. The van der Waals surface area contributed by atoms with Gasteiger partial charge < -0.3 is 4.98 Å². The summed E-state index contributed by atoms with van der Waals surface area (Å²) in [5.41, 5.74) is 2.34. The molecule has 0 amide bonds. The zero-order valence-electron chi connectivity index (χ0n) is 10.1. The summed E-state index contributed by atoms with van der Waals surface area (Å²) in [5, 5.41) is 4.21. The zero-order chi connectivity index (χ0) is 12.3. The van der Waals surface area contributed by atoms with Gasteiger partial charge in [-0.2, -0.15) is 5.10 Å². The summed E-state index contributed by atoms with van der Waals surface area (Å²) in [6.45, 7) is 4.88. The average molecular weight is 232 g/mol. The predicted octanol–water partition coefficient (Wildman–Crippen LogP) is 1.61. The van der Waals surface area contributed by atoms with E-state index in [0.717, 1.165) is 36.2 Å². The van der Waals surface area contributed by atoms with E-state index in [1.54, 1.807) is 6.20 Å². The minimum Gasteiger partial charge on any atom is -0.313 e. The Hall–Kier alpha value is -1.91. The highest BCUT2D eigenvalue weighted by molar-refractivity contribution is 5.60. The maximum absolute atomic E-state index is 11.8. The molecular weight excluding hydrogens is 216 g/mol. The topological polar surface area (TPSA) is 63.6 Å². The Kier molecular flexibility index (Phi) is 3.37. The summed E-state index contributed by atoms with van der Waals surface area (Å²) in [6, 6.07) is 0. The fourth-order valence-corrected chi connectivity index (χ4v) is 1.82. The highest BCUT2D eigenvalue weighted by Gasteiger charge is 2.11. The van der Waals surface area contributed by atoms with Gasteiger partial charge in [-0.15, -0.1) is 0 Å². The summed E-state index contributed by atoms with van der Waals surface area (Å²) in [4.78, 5) is 18.6. The molecule has 0 aliphatic carbocycles. The predicted molar refractivity (Wildman–Crippen MR) is 65.7 cm³/mol. The van der Waals surface area contributed by atoms with Crippen molar-refractivity contribution in [3.63, 3.8) is 0 Å². The van der Waals surface area contributed by atoms with Crippen LogP contribution in [-0.2, 0) is 13.0 Å². The molecule has 0 unspecified atom stereocenters. The van der Waals surface area contributed by atoms with Gasteiger partial charge in [-0.25, -0.2) is 4.98 Å². The smallest absolute Gasteiger partial charge is 0.254 e. The van der Waals surface area contributed by atoms with E-state index in [0.29, 0.717) is 0 Å². The molecule has 17 heavy (non-hydrogen) atoms. The first-order valence-corrected chi connectivity index (χ1v) is 5.85. The molecule has 0 aliphatic heterocycles. The van der Waals surface area contributed by atoms with Crippen LogP contribution in [0.3, 0.4) is 0 Å². The first-order valence-electron chi connectivity index (χ1n) is 5.85. The second-order valence-electron chi connectivity index (χ2n) is 3.89. The standard InChI is InChI=1S/C12H16N4O/c1-3-5-10-11(13-8-14-12(10)17)9-6-15-16(4-2)7-9/h6-8H,3-5H2,1-2H3,(H,13,14,17). The van der Waals surface area contributed by atoms with Crippen LogP contribution in [0.25, 0.3) is 11.3 Å². The number of aromatic amines is 1. The molecule has 5 heteroatoms. The van der Waals surface area contributed by atoms with Crippen LogP contribution in [0, 0.1) is 0 Å². The van der Waals surface area contributed by atoms with Crippen LogP contribution in [-0.4, -0.2) is 19.7 Å². The van der Waals surface area contributed by atoms with Gasteiger partial charge in [0.25, 0.3) is 5.56 Å². The van der Waals surface area contributed by atoms with Crippen LogP contribution in [0.15, 0.2) is 23.5 Å². The minimum absolute atomic E-state index is 0.0545. The van der Waals surface area contributed by atoms with Crippen LogP contribution in [0.4, 0.5) is 0 Å². The molecule has 0 aromatic carbocycles. The molecule has 2 aromatic rings. The summed E-state index contributed by atoms with van der Waals surface area (Å²) < 4.78 is 1.83. The molecule has 0 atom stereocenters. The van der Waals surface area contributed by atoms with Gasteiger partial charge in [-0.05, 0) is 13.3 Å². The Bertz CT molecular complexity index is 556. The van der Waals surface area contributed by atoms with Gasteiger partial charge in [0.2, 0.25) is 0 Å². The summed E-state index contributed by atoms with van der Waals surface area (Å²) in [5.74, 6) is 0. The summed E-state index contributed by atoms with van der Waals surface area (Å²) in [7, 11) is 0. The lowest BCUT2D eigenvalue weighted by molar-refractivity contribution is 0.660. The van der Waals surface area contributed by atoms with Crippen LogP contribution in [0.1, 0.15) is 25.8 Å². The van der Waals surface area contributed by atoms with E-state index in [9.17, 15) is 4.79 Å². The van der Waals surface area contributed by atoms with Crippen LogP contribution < -0.4 is 5.56 Å². The normalized spacial score (nSPS) is 10.7. The molecule has 0 saturated heterocycles.